The molecule has 1 aliphatic rings. The minimum Gasteiger partial charge on any atom is -0.350 e. The normalized spacial score (nSPS) is 16.7. The zero-order valence-electron chi connectivity index (χ0n) is 14.2. The molecule has 1 atom stereocenters. The standard InChI is InChI=1S/C17H23N5O2.ClH/c1-18-10-12-7-9-22(11-12)15(23)6-8-19-17(24)16-13-4-2-3-5-14(13)20-21-16;/h2-5,12,18H,6-11H2,1H3,(H,19,24)(H,20,21);1H. The van der Waals surface area contributed by atoms with Gasteiger partial charge in [-0.3, -0.25) is 14.7 Å². The summed E-state index contributed by atoms with van der Waals surface area (Å²) in [5.41, 5.74) is 1.19. The van der Waals surface area contributed by atoms with Gasteiger partial charge in [-0.15, -0.1) is 12.4 Å². The lowest BCUT2D eigenvalue weighted by Crippen LogP contribution is -2.34. The minimum absolute atomic E-state index is 0. The van der Waals surface area contributed by atoms with Crippen molar-refractivity contribution < 1.29 is 9.59 Å². The summed E-state index contributed by atoms with van der Waals surface area (Å²) in [5, 5.41) is 13.6. The van der Waals surface area contributed by atoms with Gasteiger partial charge in [0.05, 0.1) is 5.52 Å². The van der Waals surface area contributed by atoms with Crippen LogP contribution >= 0.6 is 12.4 Å². The highest BCUT2D eigenvalue weighted by molar-refractivity contribution is 6.04. The Bertz CT molecular complexity index is 733. The molecule has 1 aromatic heterocycles. The average molecular weight is 366 g/mol. The minimum atomic E-state index is -0.255. The van der Waals surface area contributed by atoms with Crippen molar-refractivity contribution in [1.82, 2.24) is 25.7 Å². The molecule has 0 spiro atoms. The largest absolute Gasteiger partial charge is 0.350 e. The van der Waals surface area contributed by atoms with Crippen LogP contribution in [-0.4, -0.2) is 60.1 Å². The summed E-state index contributed by atoms with van der Waals surface area (Å²) >= 11 is 0. The lowest BCUT2D eigenvalue weighted by Gasteiger charge is -2.16. The van der Waals surface area contributed by atoms with Gasteiger partial charge in [-0.25, -0.2) is 0 Å². The number of rotatable bonds is 6. The topological polar surface area (TPSA) is 90.1 Å². The predicted octanol–water partition coefficient (Wildman–Crippen LogP) is 1.17. The van der Waals surface area contributed by atoms with E-state index in [-0.39, 0.29) is 24.2 Å². The van der Waals surface area contributed by atoms with Gasteiger partial charge in [0.25, 0.3) is 5.91 Å². The van der Waals surface area contributed by atoms with Crippen molar-refractivity contribution in [3.05, 3.63) is 30.0 Å². The van der Waals surface area contributed by atoms with Crippen molar-refractivity contribution in [2.75, 3.05) is 33.2 Å². The van der Waals surface area contributed by atoms with Gasteiger partial charge in [0.1, 0.15) is 0 Å². The fraction of sp³-hybridized carbons (Fsp3) is 0.471. The molecule has 2 amide bonds. The Morgan fingerprint density at radius 2 is 2.16 bits per heavy atom. The van der Waals surface area contributed by atoms with E-state index in [1.54, 1.807) is 0 Å². The van der Waals surface area contributed by atoms with Crippen molar-refractivity contribution >= 4 is 35.1 Å². The van der Waals surface area contributed by atoms with Gasteiger partial charge in [-0.2, -0.15) is 5.10 Å². The summed E-state index contributed by atoms with van der Waals surface area (Å²) < 4.78 is 0. The van der Waals surface area contributed by atoms with Crippen molar-refractivity contribution in [1.29, 1.82) is 0 Å². The van der Waals surface area contributed by atoms with Crippen LogP contribution in [0.1, 0.15) is 23.3 Å². The molecule has 0 aliphatic carbocycles. The van der Waals surface area contributed by atoms with Crippen LogP contribution in [0.25, 0.3) is 10.9 Å². The molecule has 7 nitrogen and oxygen atoms in total. The number of nitrogens with one attached hydrogen (secondary N) is 3. The molecule has 3 rings (SSSR count). The first-order valence-corrected chi connectivity index (χ1v) is 8.32. The highest BCUT2D eigenvalue weighted by atomic mass is 35.5. The van der Waals surface area contributed by atoms with Crippen molar-refractivity contribution in [3.8, 4) is 0 Å². The number of aromatic amines is 1. The molecule has 1 aliphatic heterocycles. The number of hydrogen-bond donors (Lipinski definition) is 3. The number of amides is 2. The molecule has 2 heterocycles. The number of nitrogens with zero attached hydrogens (tertiary/aromatic N) is 2. The van der Waals surface area contributed by atoms with Crippen LogP contribution in [0.2, 0.25) is 0 Å². The maximum atomic E-state index is 12.2. The molecule has 8 heteroatoms. The number of carbonyl (C=O) groups excluding carboxylic acids is 2. The monoisotopic (exact) mass is 365 g/mol. The average Bonchev–Trinajstić information content (AvgIpc) is 3.22. The molecule has 2 aromatic rings. The number of hydrogen-bond acceptors (Lipinski definition) is 4. The number of aromatic nitrogens is 2. The molecule has 1 unspecified atom stereocenters. The van der Waals surface area contributed by atoms with Gasteiger partial charge < -0.3 is 15.5 Å². The highest BCUT2D eigenvalue weighted by Crippen LogP contribution is 2.16. The molecule has 1 aromatic carbocycles. The zero-order valence-corrected chi connectivity index (χ0v) is 15.1. The molecule has 0 saturated carbocycles. The molecular formula is C17H24ClN5O2. The van der Waals surface area contributed by atoms with Gasteiger partial charge in [-0.05, 0) is 32.0 Å². The van der Waals surface area contributed by atoms with Gasteiger partial charge in [0, 0.05) is 31.4 Å². The number of halogens is 1. The van der Waals surface area contributed by atoms with E-state index >= 15 is 0 Å². The third-order valence-corrected chi connectivity index (χ3v) is 4.44. The first kappa shape index (κ1) is 19.2. The van der Waals surface area contributed by atoms with E-state index in [4.69, 9.17) is 0 Å². The Kier molecular flexibility index (Phi) is 6.78. The third kappa shape index (κ3) is 4.49. The van der Waals surface area contributed by atoms with E-state index < -0.39 is 0 Å². The van der Waals surface area contributed by atoms with Crippen LogP contribution in [0.15, 0.2) is 24.3 Å². The second-order valence-corrected chi connectivity index (χ2v) is 6.18. The van der Waals surface area contributed by atoms with Crippen LogP contribution in [0, 0.1) is 5.92 Å². The van der Waals surface area contributed by atoms with Crippen LogP contribution in [0.5, 0.6) is 0 Å². The maximum absolute atomic E-state index is 12.2. The molecule has 0 radical (unpaired) electrons. The molecule has 25 heavy (non-hydrogen) atoms. The summed E-state index contributed by atoms with van der Waals surface area (Å²) in [6, 6.07) is 7.48. The van der Waals surface area contributed by atoms with Crippen LogP contribution in [-0.2, 0) is 4.79 Å². The number of carbonyl (C=O) groups is 2. The second-order valence-electron chi connectivity index (χ2n) is 6.18. The fourth-order valence-corrected chi connectivity index (χ4v) is 3.18. The molecule has 136 valence electrons. The quantitative estimate of drug-likeness (QED) is 0.716. The molecule has 1 fully saturated rings. The molecule has 3 N–H and O–H groups in total. The Labute approximate surface area is 152 Å². The van der Waals surface area contributed by atoms with Crippen molar-refractivity contribution in [2.45, 2.75) is 12.8 Å². The van der Waals surface area contributed by atoms with E-state index in [0.717, 1.165) is 37.0 Å². The van der Waals surface area contributed by atoms with Crippen molar-refractivity contribution in [2.24, 2.45) is 5.92 Å². The molecule has 0 bridgehead atoms. The van der Waals surface area contributed by atoms with E-state index in [9.17, 15) is 9.59 Å². The van der Waals surface area contributed by atoms with Gasteiger partial charge in [0.15, 0.2) is 5.69 Å². The van der Waals surface area contributed by atoms with Crippen molar-refractivity contribution in [3.63, 3.8) is 0 Å². The Hall–Kier alpha value is -2.12. The summed E-state index contributed by atoms with van der Waals surface area (Å²) in [5.74, 6) is 0.375. The highest BCUT2D eigenvalue weighted by Gasteiger charge is 2.25. The van der Waals surface area contributed by atoms with E-state index in [1.165, 1.54) is 0 Å². The first-order chi connectivity index (χ1) is 11.7. The fourth-order valence-electron chi connectivity index (χ4n) is 3.18. The Morgan fingerprint density at radius 3 is 2.96 bits per heavy atom. The van der Waals surface area contributed by atoms with Crippen LogP contribution in [0.4, 0.5) is 0 Å². The lowest BCUT2D eigenvalue weighted by molar-refractivity contribution is -0.130. The Morgan fingerprint density at radius 1 is 1.36 bits per heavy atom. The number of para-hydroxylation sites is 1. The van der Waals surface area contributed by atoms with Gasteiger partial charge in [-0.1, -0.05) is 18.2 Å². The van der Waals surface area contributed by atoms with Gasteiger partial charge >= 0.3 is 0 Å². The summed E-state index contributed by atoms with van der Waals surface area (Å²) in [4.78, 5) is 26.3. The third-order valence-electron chi connectivity index (χ3n) is 4.44. The number of fused-ring (bicyclic) bond motifs is 1. The van der Waals surface area contributed by atoms with E-state index in [2.05, 4.69) is 20.8 Å². The number of likely N-dealkylation sites (tertiary alicyclic amines) is 1. The second kappa shape index (κ2) is 8.82. The summed E-state index contributed by atoms with van der Waals surface area (Å²) in [6.45, 7) is 2.87. The van der Waals surface area contributed by atoms with E-state index in [1.807, 2.05) is 36.2 Å². The first-order valence-electron chi connectivity index (χ1n) is 8.32. The SMILES string of the molecule is CNCC1CCN(C(=O)CCNC(=O)c2n[nH]c3ccccc23)C1.Cl. The lowest BCUT2D eigenvalue weighted by atomic mass is 10.1. The summed E-state index contributed by atoms with van der Waals surface area (Å²) in [6.07, 6.45) is 1.36. The van der Waals surface area contributed by atoms with Crippen LogP contribution in [0.3, 0.4) is 0 Å². The summed E-state index contributed by atoms with van der Waals surface area (Å²) in [7, 11) is 1.93. The maximum Gasteiger partial charge on any atom is 0.272 e. The smallest absolute Gasteiger partial charge is 0.272 e. The number of benzene rings is 1. The Balaban J connectivity index is 0.00000225. The predicted molar refractivity (Wildman–Crippen MR) is 98.9 cm³/mol. The number of H-pyrrole nitrogens is 1. The van der Waals surface area contributed by atoms with Gasteiger partial charge in [0.2, 0.25) is 5.91 Å². The molecular weight excluding hydrogens is 342 g/mol. The molecule has 1 saturated heterocycles. The van der Waals surface area contributed by atoms with E-state index in [0.29, 0.717) is 24.6 Å². The van der Waals surface area contributed by atoms with Crippen LogP contribution < -0.4 is 10.6 Å². The zero-order chi connectivity index (χ0) is 16.9.